The molecule has 228 valence electrons. The van der Waals surface area contributed by atoms with Crippen LogP contribution in [0.2, 0.25) is 0 Å². The van der Waals surface area contributed by atoms with Crippen LogP contribution in [0.3, 0.4) is 0 Å². The van der Waals surface area contributed by atoms with Gasteiger partial charge >= 0.3 is 6.09 Å². The highest BCUT2D eigenvalue weighted by Crippen LogP contribution is 2.33. The van der Waals surface area contributed by atoms with Gasteiger partial charge in [0.25, 0.3) is 5.91 Å². The number of carbonyl (C=O) groups excluding carboxylic acids is 4. The van der Waals surface area contributed by atoms with E-state index < -0.39 is 11.6 Å². The lowest BCUT2D eigenvalue weighted by molar-refractivity contribution is -0.942. The van der Waals surface area contributed by atoms with Crippen molar-refractivity contribution < 1.29 is 28.4 Å². The fourth-order valence-electron chi connectivity index (χ4n) is 7.30. The number of imide groups is 1. The van der Waals surface area contributed by atoms with E-state index in [-0.39, 0.29) is 30.2 Å². The third kappa shape index (κ3) is 5.60. The number of piperidine rings is 2. The molecule has 11 heteroatoms. The van der Waals surface area contributed by atoms with Crippen molar-refractivity contribution in [3.63, 3.8) is 0 Å². The molecule has 4 amide bonds. The number of carbonyl (C=O) groups is 4. The third-order valence-corrected chi connectivity index (χ3v) is 10.0. The van der Waals surface area contributed by atoms with Crippen molar-refractivity contribution in [2.45, 2.75) is 76.7 Å². The van der Waals surface area contributed by atoms with Crippen LogP contribution >= 0.6 is 0 Å². The van der Waals surface area contributed by atoms with Crippen LogP contribution in [0, 0.1) is 0 Å². The van der Waals surface area contributed by atoms with E-state index in [0.29, 0.717) is 30.6 Å². The second-order valence-electron chi connectivity index (χ2n) is 14.0. The minimum absolute atomic E-state index is 0.127. The molecular formula is C31H45N6O5+. The first-order chi connectivity index (χ1) is 19.9. The van der Waals surface area contributed by atoms with E-state index in [1.807, 2.05) is 37.8 Å². The number of ether oxygens (including phenoxy) is 1. The van der Waals surface area contributed by atoms with Crippen LogP contribution in [-0.4, -0.2) is 126 Å². The summed E-state index contributed by atoms with van der Waals surface area (Å²) in [4.78, 5) is 57.9. The van der Waals surface area contributed by atoms with Gasteiger partial charge in [0.1, 0.15) is 17.7 Å². The Morgan fingerprint density at radius 2 is 1.69 bits per heavy atom. The highest BCUT2D eigenvalue weighted by Gasteiger charge is 2.47. The number of anilines is 1. The molecule has 0 unspecified atom stereocenters. The van der Waals surface area contributed by atoms with Gasteiger partial charge in [-0.25, -0.2) is 4.79 Å². The highest BCUT2D eigenvalue weighted by molar-refractivity contribution is 6.05. The van der Waals surface area contributed by atoms with Gasteiger partial charge in [0.05, 0.1) is 33.2 Å². The van der Waals surface area contributed by atoms with Gasteiger partial charge in [-0.05, 0) is 51.0 Å². The van der Waals surface area contributed by atoms with Crippen molar-refractivity contribution in [3.8, 4) is 0 Å². The van der Waals surface area contributed by atoms with Crippen LogP contribution in [0.15, 0.2) is 18.2 Å². The number of quaternary nitrogens is 1. The van der Waals surface area contributed by atoms with Crippen LogP contribution in [0.25, 0.3) is 0 Å². The second-order valence-corrected chi connectivity index (χ2v) is 14.0. The molecule has 0 spiro atoms. The number of fused-ring (bicyclic) bond motifs is 1. The van der Waals surface area contributed by atoms with Crippen molar-refractivity contribution in [3.05, 3.63) is 29.3 Å². The van der Waals surface area contributed by atoms with Gasteiger partial charge in [-0.1, -0.05) is 0 Å². The second kappa shape index (κ2) is 10.8. The number of hydrogen-bond acceptors (Lipinski definition) is 7. The standard InChI is InChI=1S/C31H44N6O5/c1-31(2,3)42-30(41)35-19-24(20-35)37(4)15-9-22(10-16-37)33-11-13-34(14-12-33)23-5-6-25-21(17-23)18-36(29(25)40)26-7-8-27(38)32-28(26)39/h5-6,17,22,24,26H,7-16,18-20H2,1-4H3/p+1/t22?,26-,37?/m0/s1. The number of amides is 4. The summed E-state index contributed by atoms with van der Waals surface area (Å²) in [6.07, 6.45) is 2.80. The quantitative estimate of drug-likeness (QED) is 0.427. The minimum atomic E-state index is -0.584. The minimum Gasteiger partial charge on any atom is -0.444 e. The van der Waals surface area contributed by atoms with E-state index >= 15 is 0 Å². The van der Waals surface area contributed by atoms with Gasteiger partial charge in [-0.3, -0.25) is 29.5 Å². The van der Waals surface area contributed by atoms with Gasteiger partial charge < -0.3 is 19.0 Å². The topological polar surface area (TPSA) is 102 Å². The normalized spacial score (nSPS) is 29.3. The number of rotatable bonds is 4. The lowest BCUT2D eigenvalue weighted by Gasteiger charge is -2.54. The molecule has 1 N–H and O–H groups in total. The van der Waals surface area contributed by atoms with Crippen molar-refractivity contribution in [2.24, 2.45) is 0 Å². The Kier molecular flexibility index (Phi) is 7.45. The average molecular weight is 582 g/mol. The summed E-state index contributed by atoms with van der Waals surface area (Å²) in [5, 5.41) is 2.37. The zero-order valence-electron chi connectivity index (χ0n) is 25.4. The van der Waals surface area contributed by atoms with Crippen LogP contribution in [-0.2, 0) is 20.9 Å². The van der Waals surface area contributed by atoms with Crippen molar-refractivity contribution in [2.75, 3.05) is 64.3 Å². The SMILES string of the molecule is CC(C)(C)OC(=O)N1CC([N+]2(C)CCC(N3CCN(c4ccc5c(c4)CN([C@H]4CCC(=O)NC4=O)C5=O)CC3)CC2)C1. The molecule has 1 aromatic carbocycles. The number of likely N-dealkylation sites (N-methyl/N-ethyl adjacent to an activating group) is 1. The van der Waals surface area contributed by atoms with Crippen molar-refractivity contribution in [1.82, 2.24) is 20.0 Å². The average Bonchev–Trinajstić information content (AvgIpc) is 3.22. The lowest BCUT2D eigenvalue weighted by atomic mass is 9.95. The fraction of sp³-hybridized carbons (Fsp3) is 0.677. The molecule has 0 aliphatic carbocycles. The number of nitrogens with zero attached hydrogens (tertiary/aromatic N) is 5. The van der Waals surface area contributed by atoms with E-state index in [0.717, 1.165) is 68.1 Å². The van der Waals surface area contributed by atoms with E-state index in [1.165, 1.54) is 12.8 Å². The first-order valence-electron chi connectivity index (χ1n) is 15.5. The maximum Gasteiger partial charge on any atom is 0.410 e. The zero-order chi connectivity index (χ0) is 29.8. The summed E-state index contributed by atoms with van der Waals surface area (Å²) in [5.41, 5.74) is 2.28. The number of benzene rings is 1. The van der Waals surface area contributed by atoms with Gasteiger partial charge in [-0.15, -0.1) is 0 Å². The first-order valence-corrected chi connectivity index (χ1v) is 15.5. The van der Waals surface area contributed by atoms with Crippen LogP contribution in [0.1, 0.15) is 62.4 Å². The van der Waals surface area contributed by atoms with E-state index in [1.54, 1.807) is 4.90 Å². The fourth-order valence-corrected chi connectivity index (χ4v) is 7.30. The van der Waals surface area contributed by atoms with Gasteiger partial charge in [0.15, 0.2) is 0 Å². The summed E-state index contributed by atoms with van der Waals surface area (Å²) >= 11 is 0. The van der Waals surface area contributed by atoms with Crippen LogP contribution in [0.4, 0.5) is 10.5 Å². The molecular weight excluding hydrogens is 536 g/mol. The van der Waals surface area contributed by atoms with E-state index in [2.05, 4.69) is 28.2 Å². The number of nitrogens with one attached hydrogen (secondary N) is 1. The summed E-state index contributed by atoms with van der Waals surface area (Å²) in [6.45, 7) is 13.9. The van der Waals surface area contributed by atoms with E-state index in [4.69, 9.17) is 4.74 Å². The van der Waals surface area contributed by atoms with Crippen LogP contribution < -0.4 is 10.2 Å². The summed E-state index contributed by atoms with van der Waals surface area (Å²) in [7, 11) is 2.35. The molecule has 4 saturated heterocycles. The Hall–Kier alpha value is -3.18. The van der Waals surface area contributed by atoms with Crippen LogP contribution in [0.5, 0.6) is 0 Å². The summed E-state index contributed by atoms with van der Waals surface area (Å²) < 4.78 is 6.58. The Balaban J connectivity index is 0.980. The highest BCUT2D eigenvalue weighted by atomic mass is 16.6. The molecule has 0 saturated carbocycles. The Bertz CT molecular complexity index is 1250. The molecule has 1 atom stereocenters. The molecule has 4 fully saturated rings. The van der Waals surface area contributed by atoms with Crippen molar-refractivity contribution in [1.29, 1.82) is 0 Å². The Labute approximate surface area is 248 Å². The molecule has 0 bridgehead atoms. The monoisotopic (exact) mass is 581 g/mol. The Morgan fingerprint density at radius 3 is 2.33 bits per heavy atom. The maximum absolute atomic E-state index is 13.1. The molecule has 0 radical (unpaired) electrons. The zero-order valence-corrected chi connectivity index (χ0v) is 25.4. The molecule has 5 aliphatic rings. The first kappa shape index (κ1) is 28.9. The van der Waals surface area contributed by atoms with Gasteiger partial charge in [0, 0.05) is 69.3 Å². The smallest absolute Gasteiger partial charge is 0.410 e. The number of piperazine rings is 1. The summed E-state index contributed by atoms with van der Waals surface area (Å²) in [6, 6.07) is 6.54. The third-order valence-electron chi connectivity index (χ3n) is 10.0. The molecule has 5 aliphatic heterocycles. The predicted octanol–water partition coefficient (Wildman–Crippen LogP) is 1.80. The van der Waals surface area contributed by atoms with Gasteiger partial charge in [0.2, 0.25) is 11.8 Å². The molecule has 5 heterocycles. The summed E-state index contributed by atoms with van der Waals surface area (Å²) in [5.74, 6) is -0.771. The largest absolute Gasteiger partial charge is 0.444 e. The molecule has 0 aromatic heterocycles. The Morgan fingerprint density at radius 1 is 1.00 bits per heavy atom. The predicted molar refractivity (Wildman–Crippen MR) is 157 cm³/mol. The molecule has 42 heavy (non-hydrogen) atoms. The number of likely N-dealkylation sites (tertiary alicyclic amines) is 2. The maximum atomic E-state index is 13.1. The lowest BCUT2D eigenvalue weighted by Crippen LogP contribution is -2.71. The molecule has 1 aromatic rings. The molecule has 11 nitrogen and oxygen atoms in total. The van der Waals surface area contributed by atoms with Crippen molar-refractivity contribution >= 4 is 29.5 Å². The van der Waals surface area contributed by atoms with E-state index in [9.17, 15) is 19.2 Å². The number of hydrogen-bond donors (Lipinski definition) is 1. The molecule has 6 rings (SSSR count). The van der Waals surface area contributed by atoms with Gasteiger partial charge in [-0.2, -0.15) is 0 Å².